The molecule has 1 aliphatic rings. The lowest BCUT2D eigenvalue weighted by Gasteiger charge is -2.21. The molecule has 0 aromatic heterocycles. The second-order valence-corrected chi connectivity index (χ2v) is 6.62. The van der Waals surface area contributed by atoms with Crippen molar-refractivity contribution >= 4 is 27.7 Å². The Hall–Kier alpha value is 0.01000. The molecule has 0 spiro atoms. The quantitative estimate of drug-likeness (QED) is 0.849. The molecule has 0 aliphatic heterocycles. The topological polar surface area (TPSA) is 26.0 Å². The van der Waals surface area contributed by atoms with E-state index in [-0.39, 0.29) is 0 Å². The van der Waals surface area contributed by atoms with Crippen molar-refractivity contribution < 1.29 is 0 Å². The van der Waals surface area contributed by atoms with Crippen LogP contribution in [0.4, 0.5) is 0 Å². The molecule has 2 rings (SSSR count). The van der Waals surface area contributed by atoms with Crippen LogP contribution in [-0.4, -0.2) is 11.8 Å². The summed E-state index contributed by atoms with van der Waals surface area (Å²) in [5.41, 5.74) is 5.91. The predicted octanol–water partition coefficient (Wildman–Crippen LogP) is 4.06. The van der Waals surface area contributed by atoms with Gasteiger partial charge in [-0.1, -0.05) is 34.8 Å². The molecule has 88 valence electrons. The highest BCUT2D eigenvalue weighted by atomic mass is 79.9. The molecule has 0 saturated heterocycles. The van der Waals surface area contributed by atoms with Crippen molar-refractivity contribution in [1.82, 2.24) is 0 Å². The van der Waals surface area contributed by atoms with Gasteiger partial charge in [-0.25, -0.2) is 0 Å². The third kappa shape index (κ3) is 3.25. The van der Waals surface area contributed by atoms with E-state index in [0.29, 0.717) is 5.25 Å². The predicted molar refractivity (Wildman–Crippen MR) is 74.8 cm³/mol. The van der Waals surface area contributed by atoms with E-state index < -0.39 is 0 Å². The number of rotatable bonds is 4. The van der Waals surface area contributed by atoms with Crippen LogP contribution in [0.1, 0.15) is 25.7 Å². The van der Waals surface area contributed by atoms with Crippen molar-refractivity contribution in [2.24, 2.45) is 11.7 Å². The monoisotopic (exact) mass is 299 g/mol. The van der Waals surface area contributed by atoms with Crippen LogP contribution in [0, 0.1) is 5.92 Å². The number of benzene rings is 1. The molecule has 0 heterocycles. The average Bonchev–Trinajstić information content (AvgIpc) is 2.79. The zero-order valence-electron chi connectivity index (χ0n) is 9.36. The van der Waals surface area contributed by atoms with Crippen LogP contribution >= 0.6 is 27.7 Å². The van der Waals surface area contributed by atoms with Gasteiger partial charge in [0, 0.05) is 21.2 Å². The summed E-state index contributed by atoms with van der Waals surface area (Å²) < 4.78 is 1.15. The highest BCUT2D eigenvalue weighted by molar-refractivity contribution is 9.10. The zero-order valence-corrected chi connectivity index (χ0v) is 11.8. The Morgan fingerprint density at radius 1 is 1.38 bits per heavy atom. The van der Waals surface area contributed by atoms with Gasteiger partial charge in [0.25, 0.3) is 0 Å². The molecule has 1 fully saturated rings. The Kier molecular flexibility index (Phi) is 4.74. The van der Waals surface area contributed by atoms with Crippen LogP contribution in [0.3, 0.4) is 0 Å². The molecular formula is C13H18BrNS. The normalized spacial score (nSPS) is 18.9. The minimum Gasteiger partial charge on any atom is -0.329 e. The molecule has 2 N–H and O–H groups in total. The molecule has 3 heteroatoms. The first-order valence-corrected chi connectivity index (χ1v) is 7.59. The largest absolute Gasteiger partial charge is 0.329 e. The molecule has 1 aromatic carbocycles. The third-order valence-electron chi connectivity index (χ3n) is 3.24. The minimum absolute atomic E-state index is 0.594. The fourth-order valence-corrected chi connectivity index (χ4v) is 4.19. The van der Waals surface area contributed by atoms with Crippen LogP contribution in [0.15, 0.2) is 33.6 Å². The van der Waals surface area contributed by atoms with E-state index in [4.69, 9.17) is 5.73 Å². The van der Waals surface area contributed by atoms with Crippen molar-refractivity contribution in [1.29, 1.82) is 0 Å². The first kappa shape index (κ1) is 12.5. The van der Waals surface area contributed by atoms with Crippen LogP contribution in [0.25, 0.3) is 0 Å². The summed E-state index contributed by atoms with van der Waals surface area (Å²) in [7, 11) is 0. The van der Waals surface area contributed by atoms with E-state index in [1.165, 1.54) is 30.6 Å². The first-order valence-electron chi connectivity index (χ1n) is 5.92. The summed E-state index contributed by atoms with van der Waals surface area (Å²) in [5.74, 6) is 0.828. The van der Waals surface area contributed by atoms with Crippen molar-refractivity contribution in [2.45, 2.75) is 35.8 Å². The van der Waals surface area contributed by atoms with Gasteiger partial charge in [-0.3, -0.25) is 0 Å². The number of thioether (sulfide) groups is 1. The summed E-state index contributed by atoms with van der Waals surface area (Å²) >= 11 is 5.46. The van der Waals surface area contributed by atoms with Crippen molar-refractivity contribution in [3.8, 4) is 0 Å². The summed E-state index contributed by atoms with van der Waals surface area (Å²) in [6, 6.07) is 8.51. The van der Waals surface area contributed by atoms with Crippen LogP contribution in [0.5, 0.6) is 0 Å². The second kappa shape index (κ2) is 6.08. The van der Waals surface area contributed by atoms with Gasteiger partial charge in [0.2, 0.25) is 0 Å². The summed E-state index contributed by atoms with van der Waals surface area (Å²) in [5, 5.41) is 0.594. The standard InChI is InChI=1S/C13H18BrNS/c14-11-6-3-7-12(8-11)16-13(9-15)10-4-1-2-5-10/h3,6-8,10,13H,1-2,4-5,9,15H2. The molecule has 0 bridgehead atoms. The number of hydrogen-bond donors (Lipinski definition) is 1. The van der Waals surface area contributed by atoms with Crippen molar-refractivity contribution in [3.05, 3.63) is 28.7 Å². The van der Waals surface area contributed by atoms with Gasteiger partial charge in [-0.2, -0.15) is 0 Å². The zero-order chi connectivity index (χ0) is 11.4. The van der Waals surface area contributed by atoms with Gasteiger partial charge in [0.15, 0.2) is 0 Å². The molecule has 0 radical (unpaired) electrons. The third-order valence-corrected chi connectivity index (χ3v) is 5.14. The summed E-state index contributed by atoms with van der Waals surface area (Å²) in [4.78, 5) is 1.33. The Bertz CT molecular complexity index is 336. The van der Waals surface area contributed by atoms with Gasteiger partial charge in [0.1, 0.15) is 0 Å². The van der Waals surface area contributed by atoms with Gasteiger partial charge in [0.05, 0.1) is 0 Å². The molecule has 16 heavy (non-hydrogen) atoms. The van der Waals surface area contributed by atoms with Crippen molar-refractivity contribution in [2.75, 3.05) is 6.54 Å². The Morgan fingerprint density at radius 2 is 2.12 bits per heavy atom. The second-order valence-electron chi connectivity index (χ2n) is 4.39. The molecule has 1 saturated carbocycles. The lowest BCUT2D eigenvalue weighted by Crippen LogP contribution is -2.24. The lowest BCUT2D eigenvalue weighted by atomic mass is 10.0. The van der Waals surface area contributed by atoms with Gasteiger partial charge in [-0.15, -0.1) is 11.8 Å². The average molecular weight is 300 g/mol. The maximum atomic E-state index is 5.91. The Balaban J connectivity index is 2.00. The molecule has 1 nitrogen and oxygen atoms in total. The molecule has 1 aromatic rings. The fraction of sp³-hybridized carbons (Fsp3) is 0.538. The maximum Gasteiger partial charge on any atom is 0.0245 e. The molecule has 1 atom stereocenters. The summed E-state index contributed by atoms with van der Waals surface area (Å²) in [6.45, 7) is 0.793. The molecule has 1 aliphatic carbocycles. The SMILES string of the molecule is NCC(Sc1cccc(Br)c1)C1CCCC1. The number of nitrogens with two attached hydrogens (primary N) is 1. The van der Waals surface area contributed by atoms with E-state index in [9.17, 15) is 0 Å². The fourth-order valence-electron chi connectivity index (χ4n) is 2.38. The van der Waals surface area contributed by atoms with Gasteiger partial charge >= 0.3 is 0 Å². The van der Waals surface area contributed by atoms with Crippen molar-refractivity contribution in [3.63, 3.8) is 0 Å². The van der Waals surface area contributed by atoms with Crippen LogP contribution in [-0.2, 0) is 0 Å². The highest BCUT2D eigenvalue weighted by Crippen LogP contribution is 2.37. The van der Waals surface area contributed by atoms with Crippen LogP contribution in [0.2, 0.25) is 0 Å². The Morgan fingerprint density at radius 3 is 2.75 bits per heavy atom. The van der Waals surface area contributed by atoms with Gasteiger partial charge < -0.3 is 5.73 Å². The molecule has 0 amide bonds. The number of halogens is 1. The summed E-state index contributed by atoms with van der Waals surface area (Å²) in [6.07, 6.45) is 5.51. The van der Waals surface area contributed by atoms with E-state index in [2.05, 4.69) is 40.2 Å². The minimum atomic E-state index is 0.594. The Labute approximate surface area is 110 Å². The maximum absolute atomic E-state index is 5.91. The van der Waals surface area contributed by atoms with E-state index in [1.54, 1.807) is 0 Å². The van der Waals surface area contributed by atoms with E-state index >= 15 is 0 Å². The molecular weight excluding hydrogens is 282 g/mol. The van der Waals surface area contributed by atoms with Gasteiger partial charge in [-0.05, 0) is 37.0 Å². The first-order chi connectivity index (χ1) is 7.79. The number of hydrogen-bond acceptors (Lipinski definition) is 2. The smallest absolute Gasteiger partial charge is 0.0245 e. The molecule has 1 unspecified atom stereocenters. The van der Waals surface area contributed by atoms with Crippen LogP contribution < -0.4 is 5.73 Å². The van der Waals surface area contributed by atoms with E-state index in [1.807, 2.05) is 11.8 Å². The van der Waals surface area contributed by atoms with E-state index in [0.717, 1.165) is 16.9 Å². The highest BCUT2D eigenvalue weighted by Gasteiger charge is 2.24. The lowest BCUT2D eigenvalue weighted by molar-refractivity contribution is 0.525.